The van der Waals surface area contributed by atoms with Crippen molar-refractivity contribution < 1.29 is 23.8 Å². The smallest absolute Gasteiger partial charge is 0.266 e. The lowest BCUT2D eigenvalue weighted by Crippen LogP contribution is -2.40. The van der Waals surface area contributed by atoms with Gasteiger partial charge in [-0.05, 0) is 83.2 Å². The van der Waals surface area contributed by atoms with Crippen LogP contribution in [0.1, 0.15) is 22.8 Å². The topological polar surface area (TPSA) is 80.7 Å². The molecule has 2 aliphatic heterocycles. The number of carbonyl (C=O) groups excluding carboxylic acids is 2. The highest BCUT2D eigenvalue weighted by atomic mass is 127. The molecule has 2 aromatic carbocycles. The number of aliphatic imine (C=N–C) groups is 1. The molecule has 0 aromatic heterocycles. The zero-order chi connectivity index (χ0) is 24.9. The first-order valence-corrected chi connectivity index (χ1v) is 13.0. The molecule has 2 amide bonds. The Labute approximate surface area is 222 Å². The van der Waals surface area contributed by atoms with Crippen LogP contribution in [0.15, 0.2) is 46.3 Å². The number of likely N-dealkylation sites (N-methyl/N-ethyl adjacent to an activating group) is 1. The molecule has 0 radical (unpaired) electrons. The summed E-state index contributed by atoms with van der Waals surface area (Å²) in [6, 6.07) is 11.0. The van der Waals surface area contributed by atoms with Gasteiger partial charge in [-0.3, -0.25) is 14.5 Å². The fourth-order valence-corrected chi connectivity index (χ4v) is 5.45. The first-order chi connectivity index (χ1) is 16.9. The van der Waals surface area contributed by atoms with E-state index in [1.165, 1.54) is 16.7 Å². The number of ether oxygens (including phenoxy) is 3. The molecule has 4 rings (SSSR count). The molecule has 0 unspecified atom stereocenters. The minimum absolute atomic E-state index is 0.0431. The van der Waals surface area contributed by atoms with Gasteiger partial charge in [0, 0.05) is 25.7 Å². The summed E-state index contributed by atoms with van der Waals surface area (Å²) in [6.07, 6.45) is 1.82. The number of hydrogen-bond acceptors (Lipinski definition) is 7. The number of nitrogens with zero attached hydrogens (tertiary/aromatic N) is 3. The Morgan fingerprint density at radius 2 is 2.03 bits per heavy atom. The van der Waals surface area contributed by atoms with Crippen LogP contribution in [-0.2, 0) is 9.53 Å². The Kier molecular flexibility index (Phi) is 8.34. The monoisotopic (exact) mass is 607 g/mol. The summed E-state index contributed by atoms with van der Waals surface area (Å²) in [5, 5.41) is 0.546. The van der Waals surface area contributed by atoms with Gasteiger partial charge in [-0.2, -0.15) is 0 Å². The molecular weight excluding hydrogens is 581 g/mol. The molecule has 2 aliphatic rings. The number of carbonyl (C=O) groups is 2. The van der Waals surface area contributed by atoms with Gasteiger partial charge >= 0.3 is 0 Å². The molecule has 0 saturated carbocycles. The number of rotatable bonds is 6. The van der Waals surface area contributed by atoms with Gasteiger partial charge in [0.05, 0.1) is 41.1 Å². The van der Waals surface area contributed by atoms with Gasteiger partial charge in [-0.15, -0.1) is 0 Å². The van der Waals surface area contributed by atoms with Crippen LogP contribution in [-0.4, -0.2) is 73.8 Å². The molecule has 0 atom stereocenters. The molecule has 0 bridgehead atoms. The van der Waals surface area contributed by atoms with Gasteiger partial charge in [0.2, 0.25) is 0 Å². The number of amidine groups is 1. The maximum atomic E-state index is 12.9. The summed E-state index contributed by atoms with van der Waals surface area (Å²) < 4.78 is 17.4. The number of amides is 2. The Morgan fingerprint density at radius 1 is 1.26 bits per heavy atom. The lowest BCUT2D eigenvalue weighted by Gasteiger charge is -2.26. The number of morpholine rings is 1. The highest BCUT2D eigenvalue weighted by Crippen LogP contribution is 2.37. The van der Waals surface area contributed by atoms with Crippen molar-refractivity contribution in [1.82, 2.24) is 9.80 Å². The Bertz CT molecular complexity index is 1190. The zero-order valence-corrected chi connectivity index (χ0v) is 22.7. The van der Waals surface area contributed by atoms with E-state index < -0.39 is 0 Å². The van der Waals surface area contributed by atoms with Crippen LogP contribution in [0, 0.1) is 3.57 Å². The van der Waals surface area contributed by atoms with Crippen LogP contribution >= 0.6 is 34.4 Å². The number of hydrogen-bond donors (Lipinski definition) is 0. The second kappa shape index (κ2) is 11.4. The van der Waals surface area contributed by atoms with Gasteiger partial charge in [0.15, 0.2) is 16.7 Å². The highest BCUT2D eigenvalue weighted by Gasteiger charge is 2.30. The second-order valence-corrected chi connectivity index (χ2v) is 9.96. The van der Waals surface area contributed by atoms with Crippen molar-refractivity contribution in [2.24, 2.45) is 4.99 Å². The van der Waals surface area contributed by atoms with Crippen molar-refractivity contribution in [2.75, 3.05) is 47.1 Å². The maximum absolute atomic E-state index is 12.9. The highest BCUT2D eigenvalue weighted by molar-refractivity contribution is 14.1. The molecular formula is C25H26IN3O5S. The Morgan fingerprint density at radius 3 is 2.74 bits per heavy atom. The minimum atomic E-state index is -0.142. The zero-order valence-electron chi connectivity index (χ0n) is 19.7. The summed E-state index contributed by atoms with van der Waals surface area (Å²) in [5.41, 5.74) is 2.01. The molecule has 184 valence electrons. The van der Waals surface area contributed by atoms with Gasteiger partial charge in [-0.25, -0.2) is 4.99 Å². The van der Waals surface area contributed by atoms with Gasteiger partial charge in [0.25, 0.3) is 11.8 Å². The third kappa shape index (κ3) is 5.81. The van der Waals surface area contributed by atoms with Crippen molar-refractivity contribution in [1.29, 1.82) is 0 Å². The van der Waals surface area contributed by atoms with E-state index in [-0.39, 0.29) is 11.8 Å². The van der Waals surface area contributed by atoms with E-state index in [2.05, 4.69) is 27.6 Å². The third-order valence-corrected chi connectivity index (χ3v) is 7.32. The third-order valence-electron chi connectivity index (χ3n) is 5.46. The molecule has 0 aliphatic carbocycles. The van der Waals surface area contributed by atoms with Crippen molar-refractivity contribution in [2.45, 2.75) is 6.92 Å². The molecule has 2 aromatic rings. The average Bonchev–Trinajstić information content (AvgIpc) is 3.13. The Balaban J connectivity index is 1.57. The van der Waals surface area contributed by atoms with E-state index in [1.807, 2.05) is 31.2 Å². The van der Waals surface area contributed by atoms with Gasteiger partial charge in [-0.1, -0.05) is 6.07 Å². The fraction of sp³-hybridized carbons (Fsp3) is 0.320. The predicted octanol–water partition coefficient (Wildman–Crippen LogP) is 4.40. The normalized spacial score (nSPS) is 18.5. The molecule has 10 heteroatoms. The molecule has 0 spiro atoms. The van der Waals surface area contributed by atoms with E-state index in [1.54, 1.807) is 37.3 Å². The summed E-state index contributed by atoms with van der Waals surface area (Å²) in [4.78, 5) is 34.3. The van der Waals surface area contributed by atoms with Crippen molar-refractivity contribution >= 4 is 63.1 Å². The minimum Gasteiger partial charge on any atom is -0.493 e. The lowest BCUT2D eigenvalue weighted by atomic mass is 10.1. The van der Waals surface area contributed by atoms with Crippen molar-refractivity contribution in [3.8, 4) is 11.5 Å². The number of benzene rings is 2. The first kappa shape index (κ1) is 25.5. The average molecular weight is 607 g/mol. The summed E-state index contributed by atoms with van der Waals surface area (Å²) >= 11 is 3.49. The summed E-state index contributed by atoms with van der Waals surface area (Å²) in [6.45, 7) is 4.70. The van der Waals surface area contributed by atoms with Crippen LogP contribution in [0.2, 0.25) is 0 Å². The predicted molar refractivity (Wildman–Crippen MR) is 145 cm³/mol. The van der Waals surface area contributed by atoms with E-state index >= 15 is 0 Å². The van der Waals surface area contributed by atoms with Crippen LogP contribution in [0.4, 0.5) is 5.69 Å². The maximum Gasteiger partial charge on any atom is 0.266 e. The molecule has 35 heavy (non-hydrogen) atoms. The molecule has 2 saturated heterocycles. The van der Waals surface area contributed by atoms with Crippen LogP contribution in [0.25, 0.3) is 6.08 Å². The number of thioether (sulfide) groups is 1. The van der Waals surface area contributed by atoms with Crippen molar-refractivity contribution in [3.63, 3.8) is 0 Å². The van der Waals surface area contributed by atoms with Gasteiger partial charge in [0.1, 0.15) is 0 Å². The molecule has 2 fully saturated rings. The molecule has 0 N–H and O–H groups in total. The summed E-state index contributed by atoms with van der Waals surface area (Å²) in [5.74, 6) is 1.12. The SMILES string of the molecule is CCOc1c(I)cc(/C=C2/SC(=Nc3cccc(C(=O)N4CCOCC4)c3)N(C)C2=O)cc1OC. The molecule has 2 heterocycles. The fourth-order valence-electron chi connectivity index (χ4n) is 3.68. The second-order valence-electron chi connectivity index (χ2n) is 7.79. The standard InChI is InChI=1S/C25H26IN3O5S/c1-4-34-22-19(26)12-16(13-20(22)32-3)14-21-24(31)28(2)25(35-21)27-18-7-5-6-17(15-18)23(30)29-8-10-33-11-9-29/h5-7,12-15H,4,8-11H2,1-3H3/b21-14+,27-25?. The number of methoxy groups -OCH3 is 1. The molecule has 8 nitrogen and oxygen atoms in total. The lowest BCUT2D eigenvalue weighted by molar-refractivity contribution is -0.121. The summed E-state index contributed by atoms with van der Waals surface area (Å²) in [7, 11) is 3.29. The van der Waals surface area contributed by atoms with Crippen LogP contribution in [0.3, 0.4) is 0 Å². The quantitative estimate of drug-likeness (QED) is 0.358. The van der Waals surface area contributed by atoms with E-state index in [9.17, 15) is 9.59 Å². The van der Waals surface area contributed by atoms with Gasteiger partial charge < -0.3 is 19.1 Å². The Hall–Kier alpha value is -2.57. The first-order valence-electron chi connectivity index (χ1n) is 11.1. The van der Waals surface area contributed by atoms with E-state index in [0.717, 1.165) is 9.13 Å². The van der Waals surface area contributed by atoms with Crippen molar-refractivity contribution in [3.05, 3.63) is 56.0 Å². The van der Waals surface area contributed by atoms with E-state index in [4.69, 9.17) is 14.2 Å². The van der Waals surface area contributed by atoms with Crippen LogP contribution < -0.4 is 9.47 Å². The number of halogens is 1. The van der Waals surface area contributed by atoms with E-state index in [0.29, 0.717) is 65.7 Å². The largest absolute Gasteiger partial charge is 0.493 e. The van der Waals surface area contributed by atoms with Crippen LogP contribution in [0.5, 0.6) is 11.5 Å².